The summed E-state index contributed by atoms with van der Waals surface area (Å²) in [6, 6.07) is 0. The third-order valence-corrected chi connectivity index (χ3v) is 2.79. The Balaban J connectivity index is 3.31. The van der Waals surface area contributed by atoms with E-state index in [9.17, 15) is 10.1 Å². The molecule has 1 rings (SSSR count). The van der Waals surface area contributed by atoms with Gasteiger partial charge in [0.1, 0.15) is 6.33 Å². The Morgan fingerprint density at radius 2 is 1.73 bits per heavy atom. The van der Waals surface area contributed by atoms with Gasteiger partial charge in [-0.3, -0.25) is 15.5 Å². The molecule has 8 heteroatoms. The molecule has 1 N–H and O–H groups in total. The van der Waals surface area contributed by atoms with Crippen LogP contribution in [0.5, 0.6) is 0 Å². The first kappa shape index (κ1) is 18.1. The number of aromatic nitrogens is 2. The van der Waals surface area contributed by atoms with Gasteiger partial charge in [0.15, 0.2) is 0 Å². The van der Waals surface area contributed by atoms with E-state index in [0.717, 1.165) is 0 Å². The minimum atomic E-state index is -0.422. The average Bonchev–Trinajstić information content (AvgIpc) is 2.35. The van der Waals surface area contributed by atoms with Crippen molar-refractivity contribution >= 4 is 17.3 Å². The number of hydrogen-bond acceptors (Lipinski definition) is 7. The molecule has 0 aliphatic heterocycles. The molecule has 1 heterocycles. The second-order valence-corrected chi connectivity index (χ2v) is 6.35. The smallest absolute Gasteiger partial charge is 0.350 e. The van der Waals surface area contributed by atoms with Crippen molar-refractivity contribution in [3.8, 4) is 0 Å². The standard InChI is InChI=1S/C14H26N6O2/c1-10(2)7-19(8-11(3)4)14-12(20(21)22)13(15-9-16-14)17-18(5)6/h9-11H,7-8H2,1-6H3,(H,15,16,17). The van der Waals surface area contributed by atoms with Gasteiger partial charge in [0, 0.05) is 27.2 Å². The zero-order chi connectivity index (χ0) is 16.9. The van der Waals surface area contributed by atoms with Gasteiger partial charge in [-0.2, -0.15) is 0 Å². The van der Waals surface area contributed by atoms with Crippen LogP contribution in [0.15, 0.2) is 6.33 Å². The van der Waals surface area contributed by atoms with Gasteiger partial charge in [0.05, 0.1) is 4.92 Å². The number of nitrogens with zero attached hydrogens (tertiary/aromatic N) is 5. The maximum Gasteiger partial charge on any atom is 0.354 e. The minimum Gasteiger partial charge on any atom is -0.350 e. The molecule has 0 saturated heterocycles. The Morgan fingerprint density at radius 1 is 1.18 bits per heavy atom. The van der Waals surface area contributed by atoms with Crippen LogP contribution in [0.1, 0.15) is 27.7 Å². The van der Waals surface area contributed by atoms with Crippen molar-refractivity contribution < 1.29 is 4.92 Å². The molecule has 22 heavy (non-hydrogen) atoms. The number of nitro groups is 1. The van der Waals surface area contributed by atoms with Crippen LogP contribution >= 0.6 is 0 Å². The van der Waals surface area contributed by atoms with E-state index in [0.29, 0.717) is 30.7 Å². The lowest BCUT2D eigenvalue weighted by Gasteiger charge is -2.27. The van der Waals surface area contributed by atoms with E-state index in [1.54, 1.807) is 19.1 Å². The van der Waals surface area contributed by atoms with Gasteiger partial charge in [-0.1, -0.05) is 27.7 Å². The van der Waals surface area contributed by atoms with Gasteiger partial charge < -0.3 is 4.90 Å². The largest absolute Gasteiger partial charge is 0.354 e. The van der Waals surface area contributed by atoms with Crippen molar-refractivity contribution in [3.05, 3.63) is 16.4 Å². The zero-order valence-corrected chi connectivity index (χ0v) is 14.2. The molecular formula is C14H26N6O2. The lowest BCUT2D eigenvalue weighted by atomic mass is 10.1. The second-order valence-electron chi connectivity index (χ2n) is 6.35. The van der Waals surface area contributed by atoms with Gasteiger partial charge in [-0.15, -0.1) is 0 Å². The fourth-order valence-corrected chi connectivity index (χ4v) is 2.19. The van der Waals surface area contributed by atoms with Crippen LogP contribution in [0.4, 0.5) is 17.3 Å². The molecule has 1 aromatic heterocycles. The highest BCUT2D eigenvalue weighted by Crippen LogP contribution is 2.32. The Morgan fingerprint density at radius 3 is 2.14 bits per heavy atom. The highest BCUT2D eigenvalue weighted by atomic mass is 16.6. The molecule has 8 nitrogen and oxygen atoms in total. The number of anilines is 2. The molecule has 0 aliphatic carbocycles. The Bertz CT molecular complexity index is 494. The molecule has 0 saturated carbocycles. The van der Waals surface area contributed by atoms with Gasteiger partial charge >= 0.3 is 5.69 Å². The molecule has 0 spiro atoms. The van der Waals surface area contributed by atoms with Crippen LogP contribution < -0.4 is 10.3 Å². The van der Waals surface area contributed by atoms with E-state index in [1.807, 2.05) is 4.90 Å². The molecule has 0 bridgehead atoms. The molecule has 0 unspecified atom stereocenters. The van der Waals surface area contributed by atoms with Crippen LogP contribution in [-0.2, 0) is 0 Å². The first-order chi connectivity index (χ1) is 10.2. The Kier molecular flexibility index (Phi) is 6.48. The Labute approximate surface area is 131 Å². The van der Waals surface area contributed by atoms with Crippen molar-refractivity contribution in [1.29, 1.82) is 0 Å². The lowest BCUT2D eigenvalue weighted by Crippen LogP contribution is -2.33. The average molecular weight is 310 g/mol. The fourth-order valence-electron chi connectivity index (χ4n) is 2.19. The highest BCUT2D eigenvalue weighted by molar-refractivity contribution is 5.70. The predicted octanol–water partition coefficient (Wildman–Crippen LogP) is 2.39. The van der Waals surface area contributed by atoms with Gasteiger partial charge in [0.2, 0.25) is 11.6 Å². The van der Waals surface area contributed by atoms with Crippen LogP contribution in [0.3, 0.4) is 0 Å². The van der Waals surface area contributed by atoms with E-state index in [1.165, 1.54) is 6.33 Å². The molecular weight excluding hydrogens is 284 g/mol. The quantitative estimate of drug-likeness (QED) is 0.582. The summed E-state index contributed by atoms with van der Waals surface area (Å²) >= 11 is 0. The summed E-state index contributed by atoms with van der Waals surface area (Å²) in [4.78, 5) is 21.3. The number of nitrogens with one attached hydrogen (secondary N) is 1. The van der Waals surface area contributed by atoms with E-state index in [4.69, 9.17) is 0 Å². The summed E-state index contributed by atoms with van der Waals surface area (Å²) in [6.45, 7) is 9.74. The molecule has 0 aliphatic rings. The van der Waals surface area contributed by atoms with Crippen molar-refractivity contribution in [2.45, 2.75) is 27.7 Å². The molecule has 0 amide bonds. The van der Waals surface area contributed by atoms with Crippen LogP contribution in [0, 0.1) is 22.0 Å². The van der Waals surface area contributed by atoms with Gasteiger partial charge in [-0.05, 0) is 11.8 Å². The fraction of sp³-hybridized carbons (Fsp3) is 0.714. The number of hydrogen-bond donors (Lipinski definition) is 1. The van der Waals surface area contributed by atoms with E-state index in [2.05, 4.69) is 43.1 Å². The maximum atomic E-state index is 11.5. The van der Waals surface area contributed by atoms with Crippen molar-refractivity contribution in [2.75, 3.05) is 37.5 Å². The predicted molar refractivity (Wildman–Crippen MR) is 87.9 cm³/mol. The first-order valence-corrected chi connectivity index (χ1v) is 7.40. The third-order valence-electron chi connectivity index (χ3n) is 2.79. The normalized spacial score (nSPS) is 11.3. The van der Waals surface area contributed by atoms with Crippen LogP contribution in [-0.4, -0.2) is 47.1 Å². The first-order valence-electron chi connectivity index (χ1n) is 7.40. The summed E-state index contributed by atoms with van der Waals surface area (Å²) in [5.41, 5.74) is 2.78. The molecule has 124 valence electrons. The molecule has 1 aromatic rings. The summed E-state index contributed by atoms with van der Waals surface area (Å²) < 4.78 is 0. The van der Waals surface area contributed by atoms with Gasteiger partial charge in [-0.25, -0.2) is 15.0 Å². The molecule has 0 radical (unpaired) electrons. The summed E-state index contributed by atoms with van der Waals surface area (Å²) in [5.74, 6) is 1.32. The number of rotatable bonds is 8. The zero-order valence-electron chi connectivity index (χ0n) is 14.2. The Hall–Kier alpha value is -1.96. The monoisotopic (exact) mass is 310 g/mol. The van der Waals surface area contributed by atoms with Crippen LogP contribution in [0.25, 0.3) is 0 Å². The molecule has 0 aromatic carbocycles. The third kappa shape index (κ3) is 5.10. The van der Waals surface area contributed by atoms with E-state index in [-0.39, 0.29) is 11.5 Å². The van der Waals surface area contributed by atoms with Crippen molar-refractivity contribution in [1.82, 2.24) is 15.0 Å². The minimum absolute atomic E-state index is 0.0856. The van der Waals surface area contributed by atoms with E-state index < -0.39 is 4.92 Å². The second kappa shape index (κ2) is 7.88. The lowest BCUT2D eigenvalue weighted by molar-refractivity contribution is -0.383. The van der Waals surface area contributed by atoms with Crippen LogP contribution in [0.2, 0.25) is 0 Å². The SMILES string of the molecule is CC(C)CN(CC(C)C)c1ncnc(NN(C)C)c1[N+](=O)[O-]. The summed E-state index contributed by atoms with van der Waals surface area (Å²) in [7, 11) is 3.51. The maximum absolute atomic E-state index is 11.5. The highest BCUT2D eigenvalue weighted by Gasteiger charge is 2.28. The molecule has 0 atom stereocenters. The topological polar surface area (TPSA) is 87.4 Å². The summed E-state index contributed by atoms with van der Waals surface area (Å²) in [6.07, 6.45) is 1.36. The van der Waals surface area contributed by atoms with Gasteiger partial charge in [0.25, 0.3) is 0 Å². The van der Waals surface area contributed by atoms with Crippen molar-refractivity contribution in [2.24, 2.45) is 11.8 Å². The van der Waals surface area contributed by atoms with Crippen molar-refractivity contribution in [3.63, 3.8) is 0 Å². The summed E-state index contributed by atoms with van der Waals surface area (Å²) in [5, 5.41) is 13.2. The number of hydrazine groups is 1. The molecule has 0 fully saturated rings. The van der Waals surface area contributed by atoms with E-state index >= 15 is 0 Å².